The molecule has 1 aromatic carbocycles. The molecule has 2 N–H and O–H groups in total. The summed E-state index contributed by atoms with van der Waals surface area (Å²) in [6.07, 6.45) is 3.54. The standard InChI is InChI=1S/C17H19N3O3S/c1-11(12-4-6-13(7-5-12)16(22)23)19-15(21)14-3-2-9-20(14)17-18-8-10-24-17/h4-8,10-11,14H,2-3,9H2,1H3,(H,19,21)(H,22,23)/t11-,14?/m1/s1. The van der Waals surface area contributed by atoms with Gasteiger partial charge in [0.15, 0.2) is 5.13 Å². The monoisotopic (exact) mass is 345 g/mol. The molecule has 1 fully saturated rings. The maximum Gasteiger partial charge on any atom is 0.335 e. The van der Waals surface area contributed by atoms with E-state index >= 15 is 0 Å². The average molecular weight is 345 g/mol. The van der Waals surface area contributed by atoms with E-state index < -0.39 is 5.97 Å². The largest absolute Gasteiger partial charge is 0.478 e. The van der Waals surface area contributed by atoms with Crippen molar-refractivity contribution in [3.05, 3.63) is 47.0 Å². The predicted octanol–water partition coefficient (Wildman–Crippen LogP) is 2.69. The average Bonchev–Trinajstić information content (AvgIpc) is 3.25. The maximum atomic E-state index is 12.6. The number of aromatic nitrogens is 1. The van der Waals surface area contributed by atoms with Crippen molar-refractivity contribution < 1.29 is 14.7 Å². The molecule has 0 bridgehead atoms. The van der Waals surface area contributed by atoms with Crippen LogP contribution in [0.2, 0.25) is 0 Å². The zero-order valence-electron chi connectivity index (χ0n) is 13.3. The molecule has 0 radical (unpaired) electrons. The molecule has 1 amide bonds. The number of carboxylic acid groups (broad SMARTS) is 1. The highest BCUT2D eigenvalue weighted by molar-refractivity contribution is 7.13. The number of anilines is 1. The van der Waals surface area contributed by atoms with Crippen molar-refractivity contribution in [3.63, 3.8) is 0 Å². The normalized spacial score (nSPS) is 18.4. The van der Waals surface area contributed by atoms with Gasteiger partial charge in [-0.2, -0.15) is 0 Å². The second kappa shape index (κ2) is 7.00. The zero-order valence-corrected chi connectivity index (χ0v) is 14.1. The fourth-order valence-corrected chi connectivity index (χ4v) is 3.65. The zero-order chi connectivity index (χ0) is 17.1. The summed E-state index contributed by atoms with van der Waals surface area (Å²) in [6.45, 7) is 2.74. The second-order valence-corrected chi connectivity index (χ2v) is 6.70. The number of thiazole rings is 1. The van der Waals surface area contributed by atoms with E-state index in [0.29, 0.717) is 0 Å². The molecule has 126 valence electrons. The number of hydrogen-bond donors (Lipinski definition) is 2. The van der Waals surface area contributed by atoms with E-state index in [9.17, 15) is 9.59 Å². The van der Waals surface area contributed by atoms with Crippen LogP contribution >= 0.6 is 11.3 Å². The summed E-state index contributed by atoms with van der Waals surface area (Å²) < 4.78 is 0. The van der Waals surface area contributed by atoms with E-state index in [2.05, 4.69) is 15.2 Å². The fraction of sp³-hybridized carbons (Fsp3) is 0.353. The smallest absolute Gasteiger partial charge is 0.335 e. The molecular formula is C17H19N3O3S. The minimum atomic E-state index is -0.955. The van der Waals surface area contributed by atoms with Crippen LogP contribution in [-0.4, -0.2) is 34.6 Å². The van der Waals surface area contributed by atoms with Crippen LogP contribution in [0.3, 0.4) is 0 Å². The topological polar surface area (TPSA) is 82.5 Å². The van der Waals surface area contributed by atoms with E-state index in [1.165, 1.54) is 0 Å². The van der Waals surface area contributed by atoms with Gasteiger partial charge in [-0.15, -0.1) is 11.3 Å². The van der Waals surface area contributed by atoms with Gasteiger partial charge in [0.05, 0.1) is 11.6 Å². The number of hydrogen-bond acceptors (Lipinski definition) is 5. The molecule has 24 heavy (non-hydrogen) atoms. The van der Waals surface area contributed by atoms with Gasteiger partial charge in [0, 0.05) is 18.1 Å². The Balaban J connectivity index is 1.66. The summed E-state index contributed by atoms with van der Waals surface area (Å²) in [6, 6.07) is 6.20. The van der Waals surface area contributed by atoms with Crippen LogP contribution in [0.15, 0.2) is 35.8 Å². The highest BCUT2D eigenvalue weighted by Gasteiger charge is 2.32. The Hall–Kier alpha value is -2.41. The molecule has 6 nitrogen and oxygen atoms in total. The third-order valence-corrected chi connectivity index (χ3v) is 5.05. The molecular weight excluding hydrogens is 326 g/mol. The molecule has 0 spiro atoms. The first-order valence-corrected chi connectivity index (χ1v) is 8.74. The Morgan fingerprint density at radius 1 is 1.38 bits per heavy atom. The molecule has 0 saturated carbocycles. The molecule has 1 aliphatic heterocycles. The minimum absolute atomic E-state index is 0.0162. The highest BCUT2D eigenvalue weighted by atomic mass is 32.1. The molecule has 7 heteroatoms. The molecule has 2 heterocycles. The van der Waals surface area contributed by atoms with Crippen molar-refractivity contribution in [3.8, 4) is 0 Å². The number of aromatic carboxylic acids is 1. The molecule has 0 aliphatic carbocycles. The Kier molecular flexibility index (Phi) is 4.80. The number of carbonyl (C=O) groups is 2. The summed E-state index contributed by atoms with van der Waals surface area (Å²) in [5, 5.41) is 14.8. The lowest BCUT2D eigenvalue weighted by molar-refractivity contribution is -0.122. The molecule has 1 aliphatic rings. The first-order chi connectivity index (χ1) is 11.6. The van der Waals surface area contributed by atoms with Gasteiger partial charge < -0.3 is 15.3 Å². The summed E-state index contributed by atoms with van der Waals surface area (Å²) in [4.78, 5) is 29.9. The van der Waals surface area contributed by atoms with Crippen LogP contribution in [0.1, 0.15) is 41.7 Å². The lowest BCUT2D eigenvalue weighted by atomic mass is 10.1. The summed E-state index contributed by atoms with van der Waals surface area (Å²) in [5.74, 6) is -0.971. The Morgan fingerprint density at radius 2 is 2.12 bits per heavy atom. The molecule has 3 rings (SSSR count). The Labute approximate surface area is 144 Å². The SMILES string of the molecule is C[C@@H](NC(=O)C1CCCN1c1nccs1)c1ccc(C(=O)O)cc1. The highest BCUT2D eigenvalue weighted by Crippen LogP contribution is 2.27. The van der Waals surface area contributed by atoms with Crippen molar-refractivity contribution in [2.24, 2.45) is 0 Å². The molecule has 1 unspecified atom stereocenters. The van der Waals surface area contributed by atoms with E-state index in [0.717, 1.165) is 30.1 Å². The predicted molar refractivity (Wildman–Crippen MR) is 92.4 cm³/mol. The Morgan fingerprint density at radius 3 is 2.75 bits per heavy atom. The third kappa shape index (κ3) is 3.41. The van der Waals surface area contributed by atoms with E-state index in [1.54, 1.807) is 41.8 Å². The van der Waals surface area contributed by atoms with Crippen LogP contribution in [0.5, 0.6) is 0 Å². The number of amides is 1. The van der Waals surface area contributed by atoms with Gasteiger partial charge in [0.2, 0.25) is 5.91 Å². The van der Waals surface area contributed by atoms with E-state index in [-0.39, 0.29) is 23.6 Å². The number of benzene rings is 1. The van der Waals surface area contributed by atoms with Crippen molar-refractivity contribution in [2.75, 3.05) is 11.4 Å². The quantitative estimate of drug-likeness (QED) is 0.870. The summed E-state index contributed by atoms with van der Waals surface area (Å²) in [5.41, 5.74) is 1.12. The number of nitrogens with one attached hydrogen (secondary N) is 1. The van der Waals surface area contributed by atoms with Crippen molar-refractivity contribution in [1.82, 2.24) is 10.3 Å². The fourth-order valence-electron chi connectivity index (χ4n) is 2.93. The van der Waals surface area contributed by atoms with Crippen molar-refractivity contribution in [2.45, 2.75) is 31.8 Å². The van der Waals surface area contributed by atoms with Gasteiger partial charge in [-0.1, -0.05) is 12.1 Å². The molecule has 2 aromatic rings. The second-order valence-electron chi connectivity index (χ2n) is 5.82. The first-order valence-electron chi connectivity index (χ1n) is 7.86. The third-order valence-electron chi connectivity index (χ3n) is 4.24. The van der Waals surface area contributed by atoms with Crippen LogP contribution in [0.4, 0.5) is 5.13 Å². The Bertz CT molecular complexity index is 715. The minimum Gasteiger partial charge on any atom is -0.478 e. The van der Waals surface area contributed by atoms with Crippen LogP contribution in [0, 0.1) is 0 Å². The summed E-state index contributed by atoms with van der Waals surface area (Å²) >= 11 is 1.54. The number of nitrogens with zero attached hydrogens (tertiary/aromatic N) is 2. The van der Waals surface area contributed by atoms with Crippen LogP contribution in [-0.2, 0) is 4.79 Å². The lowest BCUT2D eigenvalue weighted by Crippen LogP contribution is -2.44. The van der Waals surface area contributed by atoms with Gasteiger partial charge in [0.25, 0.3) is 0 Å². The first kappa shape index (κ1) is 16.4. The number of carbonyl (C=O) groups excluding carboxylic acids is 1. The van der Waals surface area contributed by atoms with E-state index in [1.807, 2.05) is 12.3 Å². The maximum absolute atomic E-state index is 12.6. The van der Waals surface area contributed by atoms with Gasteiger partial charge in [-0.05, 0) is 37.5 Å². The number of carboxylic acids is 1. The molecule has 2 atom stereocenters. The van der Waals surface area contributed by atoms with Crippen LogP contribution in [0.25, 0.3) is 0 Å². The van der Waals surface area contributed by atoms with Gasteiger partial charge >= 0.3 is 5.97 Å². The summed E-state index contributed by atoms with van der Waals surface area (Å²) in [7, 11) is 0. The van der Waals surface area contributed by atoms with Crippen molar-refractivity contribution in [1.29, 1.82) is 0 Å². The lowest BCUT2D eigenvalue weighted by Gasteiger charge is -2.25. The van der Waals surface area contributed by atoms with Gasteiger partial charge in [0.1, 0.15) is 6.04 Å². The van der Waals surface area contributed by atoms with E-state index in [4.69, 9.17) is 5.11 Å². The molecule has 1 saturated heterocycles. The van der Waals surface area contributed by atoms with Gasteiger partial charge in [-0.25, -0.2) is 9.78 Å². The van der Waals surface area contributed by atoms with Crippen LogP contribution < -0.4 is 10.2 Å². The number of rotatable bonds is 5. The van der Waals surface area contributed by atoms with Crippen molar-refractivity contribution >= 4 is 28.3 Å². The molecule has 1 aromatic heterocycles. The van der Waals surface area contributed by atoms with Gasteiger partial charge in [-0.3, -0.25) is 4.79 Å².